The number of nitro benzene ring substituents is 1. The smallest absolute Gasteiger partial charge is 0.272 e. The number of aryl methyl sites for hydroxylation is 2. The number of imidazole rings is 1. The minimum atomic E-state index is -0.386. The van der Waals surface area contributed by atoms with Crippen LogP contribution in [-0.4, -0.2) is 38.7 Å². The normalized spacial score (nSPS) is 10.9. The molecule has 0 spiro atoms. The lowest BCUT2D eigenvalue weighted by Crippen LogP contribution is -2.14. The highest BCUT2D eigenvalue weighted by Gasteiger charge is 2.16. The van der Waals surface area contributed by atoms with Crippen molar-refractivity contribution in [2.24, 2.45) is 0 Å². The Balaban J connectivity index is 1.75. The van der Waals surface area contributed by atoms with E-state index in [4.69, 9.17) is 14.9 Å². The maximum absolute atomic E-state index is 11.3. The number of hydrogen-bond acceptors (Lipinski definition) is 7. The minimum Gasteiger partial charge on any atom is -0.497 e. The topological polar surface area (TPSA) is 132 Å². The number of aromatic nitrogens is 4. The molecule has 0 aliphatic heterocycles. The Kier molecular flexibility index (Phi) is 5.35. The predicted molar refractivity (Wildman–Crippen MR) is 113 cm³/mol. The second-order valence-corrected chi connectivity index (χ2v) is 6.77. The van der Waals surface area contributed by atoms with E-state index in [2.05, 4.69) is 15.0 Å². The highest BCUT2D eigenvalue weighted by molar-refractivity contribution is 5.77. The van der Waals surface area contributed by atoms with E-state index in [1.54, 1.807) is 55.2 Å². The van der Waals surface area contributed by atoms with Crippen molar-refractivity contribution in [2.75, 3.05) is 14.2 Å². The molecule has 10 heteroatoms. The standard InChI is InChI=1S/C21H20N6O4/c1-30-14-7-8-17(31-2)15(11-14)20-24-18-19(22)23-12-26(21(18)25-20)10-9-13-5-3-4-6-16(13)27(28)29/h3-8,11-12,22H,9-10H2,1-2H3,(H,24,25). The summed E-state index contributed by atoms with van der Waals surface area (Å²) in [5.41, 5.74) is 2.42. The van der Waals surface area contributed by atoms with Crippen molar-refractivity contribution in [3.05, 3.63) is 70.0 Å². The number of nitro groups is 1. The van der Waals surface area contributed by atoms with Gasteiger partial charge in [0.2, 0.25) is 0 Å². The monoisotopic (exact) mass is 420 g/mol. The zero-order chi connectivity index (χ0) is 22.0. The number of para-hydroxylation sites is 1. The summed E-state index contributed by atoms with van der Waals surface area (Å²) in [6, 6.07) is 12.0. The molecule has 0 fully saturated rings. The molecule has 2 aromatic carbocycles. The number of methoxy groups -OCH3 is 2. The minimum absolute atomic E-state index is 0.0533. The molecular weight excluding hydrogens is 400 g/mol. The van der Waals surface area contributed by atoms with Gasteiger partial charge >= 0.3 is 0 Å². The molecule has 4 aromatic rings. The molecule has 0 amide bonds. The second kappa shape index (κ2) is 8.27. The van der Waals surface area contributed by atoms with E-state index in [0.29, 0.717) is 52.6 Å². The second-order valence-electron chi connectivity index (χ2n) is 6.77. The number of nitrogens with zero attached hydrogens (tertiary/aromatic N) is 4. The van der Waals surface area contributed by atoms with Crippen LogP contribution >= 0.6 is 0 Å². The number of fused-ring (bicyclic) bond motifs is 1. The molecule has 4 rings (SSSR count). The third kappa shape index (κ3) is 3.82. The Morgan fingerprint density at radius 1 is 1.19 bits per heavy atom. The van der Waals surface area contributed by atoms with Crippen molar-refractivity contribution in [2.45, 2.75) is 13.0 Å². The summed E-state index contributed by atoms with van der Waals surface area (Å²) >= 11 is 0. The molecule has 158 valence electrons. The predicted octanol–water partition coefficient (Wildman–Crippen LogP) is 3.07. The Morgan fingerprint density at radius 3 is 2.74 bits per heavy atom. The van der Waals surface area contributed by atoms with Crippen LogP contribution in [0.1, 0.15) is 5.56 Å². The lowest BCUT2D eigenvalue weighted by Gasteiger charge is -2.08. The lowest BCUT2D eigenvalue weighted by molar-refractivity contribution is -0.385. The highest BCUT2D eigenvalue weighted by Crippen LogP contribution is 2.32. The van der Waals surface area contributed by atoms with Crippen LogP contribution in [0.3, 0.4) is 0 Å². The fourth-order valence-electron chi connectivity index (χ4n) is 3.42. The van der Waals surface area contributed by atoms with Gasteiger partial charge in [0.1, 0.15) is 22.8 Å². The van der Waals surface area contributed by atoms with Crippen molar-refractivity contribution >= 4 is 16.9 Å². The third-order valence-electron chi connectivity index (χ3n) is 4.99. The maximum atomic E-state index is 11.3. The third-order valence-corrected chi connectivity index (χ3v) is 4.99. The summed E-state index contributed by atoms with van der Waals surface area (Å²) in [5.74, 6) is 1.75. The van der Waals surface area contributed by atoms with Crippen LogP contribution in [-0.2, 0) is 13.0 Å². The Labute approximate surface area is 176 Å². The van der Waals surface area contributed by atoms with Crippen LogP contribution < -0.4 is 15.0 Å². The van der Waals surface area contributed by atoms with Gasteiger partial charge in [0.05, 0.1) is 31.0 Å². The molecule has 2 aromatic heterocycles. The molecule has 0 unspecified atom stereocenters. The summed E-state index contributed by atoms with van der Waals surface area (Å²) in [5, 5.41) is 19.4. The van der Waals surface area contributed by atoms with Gasteiger partial charge in [0.15, 0.2) is 11.1 Å². The molecule has 2 N–H and O–H groups in total. The van der Waals surface area contributed by atoms with Crippen molar-refractivity contribution in [1.82, 2.24) is 19.5 Å². The van der Waals surface area contributed by atoms with Crippen molar-refractivity contribution in [3.8, 4) is 22.9 Å². The van der Waals surface area contributed by atoms with Gasteiger partial charge in [-0.3, -0.25) is 15.5 Å². The van der Waals surface area contributed by atoms with Crippen molar-refractivity contribution in [1.29, 1.82) is 5.41 Å². The maximum Gasteiger partial charge on any atom is 0.272 e. The Bertz CT molecular complexity index is 1330. The molecule has 2 heterocycles. The summed E-state index contributed by atoms with van der Waals surface area (Å²) in [4.78, 5) is 22.9. The van der Waals surface area contributed by atoms with Crippen LogP contribution in [0.15, 0.2) is 48.8 Å². The van der Waals surface area contributed by atoms with Gasteiger partial charge in [0, 0.05) is 18.2 Å². The first-order valence-electron chi connectivity index (χ1n) is 9.46. The van der Waals surface area contributed by atoms with Crippen LogP contribution in [0.4, 0.5) is 5.69 Å². The van der Waals surface area contributed by atoms with E-state index in [-0.39, 0.29) is 16.1 Å². The molecule has 10 nitrogen and oxygen atoms in total. The quantitative estimate of drug-likeness (QED) is 0.349. The summed E-state index contributed by atoms with van der Waals surface area (Å²) < 4.78 is 12.5. The van der Waals surface area contributed by atoms with Crippen LogP contribution in [0.2, 0.25) is 0 Å². The zero-order valence-corrected chi connectivity index (χ0v) is 17.0. The fourth-order valence-corrected chi connectivity index (χ4v) is 3.42. The average Bonchev–Trinajstić information content (AvgIpc) is 3.24. The first kappa shape index (κ1) is 20.1. The van der Waals surface area contributed by atoms with Gasteiger partial charge in [-0.05, 0) is 24.6 Å². The molecule has 0 bridgehead atoms. The van der Waals surface area contributed by atoms with E-state index in [0.717, 1.165) is 0 Å². The van der Waals surface area contributed by atoms with Crippen molar-refractivity contribution in [3.63, 3.8) is 0 Å². The van der Waals surface area contributed by atoms with Crippen molar-refractivity contribution < 1.29 is 14.4 Å². The van der Waals surface area contributed by atoms with Gasteiger partial charge in [-0.15, -0.1) is 0 Å². The van der Waals surface area contributed by atoms with E-state index < -0.39 is 0 Å². The van der Waals surface area contributed by atoms with Gasteiger partial charge < -0.3 is 19.0 Å². The highest BCUT2D eigenvalue weighted by atomic mass is 16.6. The van der Waals surface area contributed by atoms with E-state index in [1.165, 1.54) is 12.4 Å². The largest absolute Gasteiger partial charge is 0.497 e. The first-order valence-corrected chi connectivity index (χ1v) is 9.46. The average molecular weight is 420 g/mol. The molecule has 0 saturated heterocycles. The lowest BCUT2D eigenvalue weighted by atomic mass is 10.1. The Morgan fingerprint density at radius 2 is 2.00 bits per heavy atom. The number of benzene rings is 2. The van der Waals surface area contributed by atoms with E-state index in [9.17, 15) is 10.1 Å². The van der Waals surface area contributed by atoms with Crippen LogP contribution in [0.25, 0.3) is 22.6 Å². The van der Waals surface area contributed by atoms with Crippen LogP contribution in [0.5, 0.6) is 11.5 Å². The fraction of sp³-hybridized carbons (Fsp3) is 0.190. The number of hydrogen-bond donors (Lipinski definition) is 2. The molecular formula is C21H20N6O4. The van der Waals surface area contributed by atoms with Gasteiger partial charge in [0.25, 0.3) is 5.69 Å². The molecule has 0 aliphatic carbocycles. The molecule has 0 atom stereocenters. The van der Waals surface area contributed by atoms with Gasteiger partial charge in [-0.1, -0.05) is 18.2 Å². The number of rotatable bonds is 7. The number of aromatic amines is 1. The number of nitrogens with one attached hydrogen (secondary N) is 2. The number of H-pyrrole nitrogens is 1. The summed E-state index contributed by atoms with van der Waals surface area (Å²) in [7, 11) is 3.14. The number of ether oxygens (including phenoxy) is 2. The van der Waals surface area contributed by atoms with Gasteiger partial charge in [-0.2, -0.15) is 0 Å². The molecule has 31 heavy (non-hydrogen) atoms. The molecule has 0 saturated carbocycles. The molecule has 0 radical (unpaired) electrons. The van der Waals surface area contributed by atoms with Crippen LogP contribution in [0, 0.1) is 15.5 Å². The van der Waals surface area contributed by atoms with E-state index in [1.807, 2.05) is 0 Å². The molecule has 0 aliphatic rings. The van der Waals surface area contributed by atoms with Gasteiger partial charge in [-0.25, -0.2) is 9.97 Å². The zero-order valence-electron chi connectivity index (χ0n) is 17.0. The Hall–Kier alpha value is -4.21. The van der Waals surface area contributed by atoms with E-state index >= 15 is 0 Å². The SMILES string of the molecule is COc1ccc(OC)c(-c2nc3c([nH]2)c(=N)ncn3CCc2ccccc2[N+](=O)[O-])c1. The first-order chi connectivity index (χ1) is 15.0. The summed E-state index contributed by atoms with van der Waals surface area (Å²) in [6.45, 7) is 0.411. The summed E-state index contributed by atoms with van der Waals surface area (Å²) in [6.07, 6.45) is 1.94.